The molecule has 0 unspecified atom stereocenters. The number of rotatable bonds is 6. The molecule has 0 saturated heterocycles. The van der Waals surface area contributed by atoms with Crippen LogP contribution in [0.25, 0.3) is 50.3 Å². The van der Waals surface area contributed by atoms with Crippen LogP contribution in [0, 0.1) is 0 Å². The summed E-state index contributed by atoms with van der Waals surface area (Å²) in [5.74, 6) is 0. The van der Waals surface area contributed by atoms with Crippen molar-refractivity contribution in [3.05, 3.63) is 181 Å². The van der Waals surface area contributed by atoms with Crippen molar-refractivity contribution < 1.29 is 0 Å². The van der Waals surface area contributed by atoms with Crippen molar-refractivity contribution >= 4 is 17.2 Å². The van der Waals surface area contributed by atoms with Gasteiger partial charge < -0.3 is 0 Å². The van der Waals surface area contributed by atoms with Crippen LogP contribution in [0.15, 0.2) is 170 Å². The van der Waals surface area contributed by atoms with Crippen molar-refractivity contribution in [2.75, 3.05) is 0 Å². The lowest BCUT2D eigenvalue weighted by Crippen LogP contribution is -1.93. The van der Waals surface area contributed by atoms with E-state index in [-0.39, 0.29) is 0 Å². The molecule has 0 radical (unpaired) electrons. The molecule has 0 atom stereocenters. The van der Waals surface area contributed by atoms with Gasteiger partial charge in [-0.25, -0.2) is 3.79 Å². The van der Waals surface area contributed by atoms with E-state index in [0.29, 0.717) is 0 Å². The molecule has 43 heavy (non-hydrogen) atoms. The molecule has 0 N–H and O–H groups in total. The Morgan fingerprint density at radius 2 is 0.977 bits per heavy atom. The van der Waals surface area contributed by atoms with Crippen molar-refractivity contribution in [1.82, 2.24) is 8.16 Å². The van der Waals surface area contributed by atoms with Gasteiger partial charge in [-0.05, 0) is 58.0 Å². The lowest BCUT2D eigenvalue weighted by atomic mass is 9.97. The van der Waals surface area contributed by atoms with Gasteiger partial charge in [0.2, 0.25) is 0 Å². The molecule has 0 bridgehead atoms. The zero-order valence-electron chi connectivity index (χ0n) is 23.7. The predicted molar refractivity (Wildman–Crippen MR) is 182 cm³/mol. The van der Waals surface area contributed by atoms with Crippen LogP contribution in [0.5, 0.6) is 0 Å². The SMILES string of the molecule is c1ccc(Cc2cc(-c3ccccc3)cc(-c3ccccc3)nsn3c(-c4ccccc4)cc(-c4ccccc4)c23)cc1. The van der Waals surface area contributed by atoms with Gasteiger partial charge in [0.1, 0.15) is 0 Å². The van der Waals surface area contributed by atoms with Crippen LogP contribution < -0.4 is 0 Å². The highest BCUT2D eigenvalue weighted by Gasteiger charge is 2.17. The first-order chi connectivity index (χ1) is 21.3. The number of hydrogen-bond donors (Lipinski definition) is 0. The molecule has 7 rings (SSSR count). The molecular weight excluding hydrogens is 541 g/mol. The predicted octanol–water partition coefficient (Wildman–Crippen LogP) is 10.8. The summed E-state index contributed by atoms with van der Waals surface area (Å²) in [5.41, 5.74) is 12.6. The molecule has 2 heterocycles. The third-order valence-corrected chi connectivity index (χ3v) is 8.49. The maximum Gasteiger partial charge on any atom is 0.0853 e. The van der Waals surface area contributed by atoms with E-state index < -0.39 is 0 Å². The summed E-state index contributed by atoms with van der Waals surface area (Å²) < 4.78 is 7.58. The van der Waals surface area contributed by atoms with E-state index >= 15 is 0 Å². The Kier molecular flexibility index (Phi) is 7.63. The second-order valence-electron chi connectivity index (χ2n) is 10.5. The zero-order valence-corrected chi connectivity index (χ0v) is 24.5. The highest BCUT2D eigenvalue weighted by atomic mass is 32.1. The highest BCUT2D eigenvalue weighted by molar-refractivity contribution is 7.00. The van der Waals surface area contributed by atoms with Gasteiger partial charge in [-0.3, -0.25) is 0 Å². The number of fused-ring (bicyclic) bond motifs is 1. The molecule has 0 saturated carbocycles. The second kappa shape index (κ2) is 12.3. The molecule has 0 spiro atoms. The van der Waals surface area contributed by atoms with E-state index in [0.717, 1.165) is 40.1 Å². The topological polar surface area (TPSA) is 17.3 Å². The number of hydrogen-bond acceptors (Lipinski definition) is 2. The van der Waals surface area contributed by atoms with E-state index in [1.165, 1.54) is 39.5 Å². The quantitative estimate of drug-likeness (QED) is 0.194. The van der Waals surface area contributed by atoms with Crippen molar-refractivity contribution in [1.29, 1.82) is 0 Å². The average molecular weight is 571 g/mol. The van der Waals surface area contributed by atoms with E-state index in [2.05, 4.69) is 174 Å². The first-order valence-electron chi connectivity index (χ1n) is 14.5. The molecule has 5 aromatic carbocycles. The minimum atomic E-state index is 0.782. The van der Waals surface area contributed by atoms with Crippen LogP contribution in [0.1, 0.15) is 11.1 Å². The van der Waals surface area contributed by atoms with E-state index in [1.807, 2.05) is 0 Å². The number of nitrogens with zero attached hydrogens (tertiary/aromatic N) is 2. The van der Waals surface area contributed by atoms with Crippen LogP contribution in [0.3, 0.4) is 0 Å². The third kappa shape index (κ3) is 5.76. The fourth-order valence-corrected chi connectivity index (χ4v) is 6.45. The fourth-order valence-electron chi connectivity index (χ4n) is 5.58. The van der Waals surface area contributed by atoms with Crippen LogP contribution >= 0.6 is 11.7 Å². The van der Waals surface area contributed by atoms with Gasteiger partial charge in [-0.2, -0.15) is 4.37 Å². The molecule has 3 heteroatoms. The summed E-state index contributed by atoms with van der Waals surface area (Å²) in [4.78, 5) is 0. The minimum Gasteiger partial charge on any atom is -0.249 e. The van der Waals surface area contributed by atoms with Crippen LogP contribution in [0.2, 0.25) is 0 Å². The Labute approximate surface area is 256 Å². The average Bonchev–Trinajstić information content (AvgIpc) is 3.49. The Hall–Kier alpha value is -5.25. The van der Waals surface area contributed by atoms with Gasteiger partial charge in [0.05, 0.1) is 28.6 Å². The monoisotopic (exact) mass is 570 g/mol. The van der Waals surface area contributed by atoms with Crippen LogP contribution in [-0.2, 0) is 6.42 Å². The second-order valence-corrected chi connectivity index (χ2v) is 11.3. The summed E-state index contributed by atoms with van der Waals surface area (Å²) in [6.07, 6.45) is 0.782. The molecular formula is C40H30N2S. The van der Waals surface area contributed by atoms with Crippen molar-refractivity contribution in [3.63, 3.8) is 0 Å². The first kappa shape index (κ1) is 26.6. The Bertz CT molecular complexity index is 2010. The molecule has 206 valence electrons. The fraction of sp³-hybridized carbons (Fsp3) is 0.0250. The lowest BCUT2D eigenvalue weighted by Gasteiger charge is -2.08. The largest absolute Gasteiger partial charge is 0.249 e. The normalized spacial score (nSPS) is 10.9. The van der Waals surface area contributed by atoms with Gasteiger partial charge in [-0.1, -0.05) is 152 Å². The summed E-state index contributed by atoms with van der Waals surface area (Å²) >= 11 is 1.51. The summed E-state index contributed by atoms with van der Waals surface area (Å²) in [6.45, 7) is 0. The summed E-state index contributed by atoms with van der Waals surface area (Å²) in [7, 11) is 0. The molecule has 0 fully saturated rings. The summed E-state index contributed by atoms with van der Waals surface area (Å²) in [5, 5.41) is 0. The van der Waals surface area contributed by atoms with Gasteiger partial charge in [0, 0.05) is 11.1 Å². The highest BCUT2D eigenvalue weighted by Crippen LogP contribution is 2.37. The van der Waals surface area contributed by atoms with Gasteiger partial charge in [0.15, 0.2) is 0 Å². The van der Waals surface area contributed by atoms with Gasteiger partial charge in [0.25, 0.3) is 0 Å². The molecule has 0 aliphatic carbocycles. The van der Waals surface area contributed by atoms with Crippen LogP contribution in [-0.4, -0.2) is 8.16 Å². The third-order valence-electron chi connectivity index (χ3n) is 7.67. The Balaban J connectivity index is 1.65. The first-order valence-corrected chi connectivity index (χ1v) is 15.3. The molecule has 7 aromatic rings. The van der Waals surface area contributed by atoms with Gasteiger partial charge in [-0.15, -0.1) is 0 Å². The maximum atomic E-state index is 5.25. The number of benzene rings is 5. The standard InChI is InChI=1S/C40H30N2S/c1-6-16-30(17-7-1)26-36-27-35(31-18-8-2-9-19-31)28-38(33-22-12-4-13-23-33)41-43-42-39(34-24-14-5-15-25-34)29-37(40(36)42)32-20-10-3-11-21-32/h1-25,27-29H,26H2. The lowest BCUT2D eigenvalue weighted by molar-refractivity contribution is 1.19. The van der Waals surface area contributed by atoms with Crippen LogP contribution in [0.4, 0.5) is 0 Å². The minimum absolute atomic E-state index is 0.782. The van der Waals surface area contributed by atoms with Crippen molar-refractivity contribution in [3.8, 4) is 44.8 Å². The zero-order chi connectivity index (χ0) is 28.8. The summed E-state index contributed by atoms with van der Waals surface area (Å²) in [6, 6.07) is 60.2. The molecule has 2 aromatic heterocycles. The van der Waals surface area contributed by atoms with E-state index in [4.69, 9.17) is 4.37 Å². The molecule has 2 nitrogen and oxygen atoms in total. The Morgan fingerprint density at radius 1 is 0.465 bits per heavy atom. The van der Waals surface area contributed by atoms with E-state index in [1.54, 1.807) is 0 Å². The molecule has 0 aliphatic rings. The molecule has 0 amide bonds. The number of aromatic nitrogens is 2. The smallest absolute Gasteiger partial charge is 0.0853 e. The maximum absolute atomic E-state index is 5.25. The molecule has 0 aliphatic heterocycles. The van der Waals surface area contributed by atoms with Crippen molar-refractivity contribution in [2.45, 2.75) is 6.42 Å². The van der Waals surface area contributed by atoms with E-state index in [9.17, 15) is 0 Å². The Morgan fingerprint density at radius 3 is 1.58 bits per heavy atom. The van der Waals surface area contributed by atoms with Gasteiger partial charge >= 0.3 is 0 Å². The van der Waals surface area contributed by atoms with Crippen molar-refractivity contribution in [2.24, 2.45) is 0 Å².